The van der Waals surface area contributed by atoms with Gasteiger partial charge in [-0.15, -0.1) is 0 Å². The smallest absolute Gasteiger partial charge is 0.216 e. The van der Waals surface area contributed by atoms with Crippen molar-refractivity contribution >= 4 is 44.7 Å². The molecule has 40 heavy (non-hydrogen) atoms. The van der Waals surface area contributed by atoms with Crippen LogP contribution in [0.4, 0.5) is 11.5 Å². The molecule has 4 aromatic rings. The molecule has 3 heterocycles. The third kappa shape index (κ3) is 8.05. The van der Waals surface area contributed by atoms with Crippen molar-refractivity contribution in [2.24, 2.45) is 0 Å². The number of anilines is 2. The van der Waals surface area contributed by atoms with Gasteiger partial charge in [0.15, 0.2) is 5.82 Å². The number of nitrogens with zero attached hydrogens (tertiary/aromatic N) is 4. The number of aryl methyl sites for hydroxylation is 2. The van der Waals surface area contributed by atoms with E-state index in [1.165, 1.54) is 18.3 Å². The Bertz CT molecular complexity index is 1530. The number of fused-ring (bicyclic) bond motifs is 1. The zero-order valence-electron chi connectivity index (χ0n) is 22.9. The van der Waals surface area contributed by atoms with Crippen LogP contribution in [0.2, 0.25) is 0 Å². The first-order valence-electron chi connectivity index (χ1n) is 13.0. The van der Waals surface area contributed by atoms with Crippen LogP contribution in [0.3, 0.4) is 0 Å². The van der Waals surface area contributed by atoms with Crippen molar-refractivity contribution in [2.75, 3.05) is 25.0 Å². The van der Waals surface area contributed by atoms with Gasteiger partial charge in [0.05, 0.1) is 6.20 Å². The number of carbonyl (C=O) groups excluding carboxylic acids is 1. The number of pyridine rings is 1. The minimum absolute atomic E-state index is 0.0192. The topological polar surface area (TPSA) is 114 Å². The predicted octanol–water partition coefficient (Wildman–Crippen LogP) is 5.88. The van der Waals surface area contributed by atoms with Gasteiger partial charge in [0.25, 0.3) is 0 Å². The van der Waals surface area contributed by atoms with Crippen LogP contribution in [0.15, 0.2) is 73.7 Å². The van der Waals surface area contributed by atoms with Crippen molar-refractivity contribution in [3.63, 3.8) is 0 Å². The molecule has 3 N–H and O–H groups in total. The van der Waals surface area contributed by atoms with Crippen molar-refractivity contribution in [1.29, 1.82) is 0 Å². The van der Waals surface area contributed by atoms with E-state index in [-0.39, 0.29) is 5.91 Å². The number of hydrogen-bond acceptors (Lipinski definition) is 9. The fraction of sp³-hybridized carbons (Fsp3) is 0.233. The average Bonchev–Trinajstić information content (AvgIpc) is 3.37. The molecule has 0 aliphatic heterocycles. The molecule has 0 spiro atoms. The summed E-state index contributed by atoms with van der Waals surface area (Å²) in [7, 11) is 0. The molecule has 9 nitrogen and oxygen atoms in total. The van der Waals surface area contributed by atoms with Crippen molar-refractivity contribution in [3.8, 4) is 11.5 Å². The molecule has 0 aliphatic rings. The van der Waals surface area contributed by atoms with Gasteiger partial charge in [0.1, 0.15) is 33.2 Å². The van der Waals surface area contributed by atoms with Gasteiger partial charge in [-0.3, -0.25) is 9.78 Å². The van der Waals surface area contributed by atoms with Crippen molar-refractivity contribution in [1.82, 2.24) is 30.6 Å². The van der Waals surface area contributed by atoms with Gasteiger partial charge >= 0.3 is 0 Å². The lowest BCUT2D eigenvalue weighted by Gasteiger charge is -2.11. The van der Waals surface area contributed by atoms with E-state index in [0.29, 0.717) is 23.6 Å². The average molecular weight is 556 g/mol. The summed E-state index contributed by atoms with van der Waals surface area (Å²) in [6, 6.07) is 9.70. The summed E-state index contributed by atoms with van der Waals surface area (Å²) in [6.45, 7) is 11.5. The highest BCUT2D eigenvalue weighted by Gasteiger charge is 2.13. The summed E-state index contributed by atoms with van der Waals surface area (Å²) >= 11 is 1.50. The Hall–Kier alpha value is -4.41. The number of aromatic nitrogens is 4. The molecule has 4 rings (SSSR count). The lowest BCUT2D eigenvalue weighted by molar-refractivity contribution is -0.118. The standard InChI is InChI=1S/C30H33N7O2S/c1-5-8-23(9-6-7-14-31-15-16-32-22(4)38)29-37-27-28(34-19-35-30(27)40-29)36-24-11-13-26(20(2)17-24)39-25-12-10-21(3)33-18-25/h5-6,8-13,17-19,31H,1,7,14-16H2,2-4H3,(H,32,38)(H,34,35,36)/b9-6-,23-8+. The number of rotatable bonds is 13. The normalized spacial score (nSPS) is 11.6. The van der Waals surface area contributed by atoms with Crippen molar-refractivity contribution in [3.05, 3.63) is 90.0 Å². The molecule has 0 atom stereocenters. The molecule has 1 amide bonds. The number of thiazole rings is 1. The van der Waals surface area contributed by atoms with Crippen LogP contribution in [-0.4, -0.2) is 45.5 Å². The lowest BCUT2D eigenvalue weighted by Crippen LogP contribution is -2.30. The third-order valence-electron chi connectivity index (χ3n) is 5.75. The highest BCUT2D eigenvalue weighted by molar-refractivity contribution is 7.19. The molecule has 0 radical (unpaired) electrons. The number of benzene rings is 1. The second kappa shape index (κ2) is 14.1. The first-order valence-corrected chi connectivity index (χ1v) is 13.8. The molecule has 0 fully saturated rings. The van der Waals surface area contributed by atoms with Gasteiger partial charge in [-0.05, 0) is 62.7 Å². The van der Waals surface area contributed by atoms with Gasteiger partial charge in [0, 0.05) is 37.0 Å². The number of nitrogens with one attached hydrogen (secondary N) is 3. The van der Waals surface area contributed by atoms with Gasteiger partial charge < -0.3 is 20.7 Å². The van der Waals surface area contributed by atoms with E-state index < -0.39 is 0 Å². The van der Waals surface area contributed by atoms with E-state index in [1.54, 1.807) is 18.6 Å². The fourth-order valence-electron chi connectivity index (χ4n) is 3.76. The summed E-state index contributed by atoms with van der Waals surface area (Å²) in [5, 5.41) is 10.3. The molecule has 0 unspecified atom stereocenters. The zero-order valence-corrected chi connectivity index (χ0v) is 23.7. The van der Waals surface area contributed by atoms with E-state index in [9.17, 15) is 4.79 Å². The van der Waals surface area contributed by atoms with Crippen LogP contribution in [0.1, 0.15) is 29.6 Å². The maximum atomic E-state index is 10.9. The third-order valence-corrected chi connectivity index (χ3v) is 6.76. The van der Waals surface area contributed by atoms with Crippen LogP contribution >= 0.6 is 11.3 Å². The summed E-state index contributed by atoms with van der Waals surface area (Å²) in [4.78, 5) is 29.8. The van der Waals surface area contributed by atoms with E-state index in [2.05, 4.69) is 43.6 Å². The van der Waals surface area contributed by atoms with Crippen LogP contribution < -0.4 is 20.7 Å². The maximum Gasteiger partial charge on any atom is 0.216 e. The Morgan fingerprint density at radius 3 is 2.73 bits per heavy atom. The molecular weight excluding hydrogens is 522 g/mol. The largest absolute Gasteiger partial charge is 0.455 e. The van der Waals surface area contributed by atoms with Crippen LogP contribution in [0, 0.1) is 13.8 Å². The lowest BCUT2D eigenvalue weighted by atomic mass is 10.2. The quantitative estimate of drug-likeness (QED) is 0.139. The summed E-state index contributed by atoms with van der Waals surface area (Å²) in [6.07, 6.45) is 11.9. The van der Waals surface area contributed by atoms with Crippen molar-refractivity contribution in [2.45, 2.75) is 27.2 Å². The SMILES string of the molecule is C=C/C=C(\C=C/CCNCCNC(C)=O)c1nc2c(Nc3ccc(Oc4ccc(C)nc4)c(C)c3)ncnc2s1. The highest BCUT2D eigenvalue weighted by atomic mass is 32.1. The summed E-state index contributed by atoms with van der Waals surface area (Å²) in [5.74, 6) is 2.06. The second-order valence-electron chi connectivity index (χ2n) is 9.02. The Kier molecular flexibility index (Phi) is 10.1. The Morgan fingerprint density at radius 1 is 1.10 bits per heavy atom. The van der Waals surface area contributed by atoms with Crippen LogP contribution in [0.25, 0.3) is 15.9 Å². The molecule has 0 saturated carbocycles. The van der Waals surface area contributed by atoms with E-state index in [0.717, 1.165) is 57.6 Å². The monoisotopic (exact) mass is 555 g/mol. The molecule has 0 saturated heterocycles. The van der Waals surface area contributed by atoms with Crippen LogP contribution in [0.5, 0.6) is 11.5 Å². The van der Waals surface area contributed by atoms with Crippen molar-refractivity contribution < 1.29 is 9.53 Å². The zero-order chi connectivity index (χ0) is 28.3. The number of hydrogen-bond donors (Lipinski definition) is 3. The van der Waals surface area contributed by atoms with E-state index >= 15 is 0 Å². The van der Waals surface area contributed by atoms with E-state index in [4.69, 9.17) is 9.72 Å². The first-order chi connectivity index (χ1) is 19.4. The molecule has 0 aliphatic carbocycles. The fourth-order valence-corrected chi connectivity index (χ4v) is 4.67. The molecule has 3 aromatic heterocycles. The minimum atomic E-state index is -0.0192. The van der Waals surface area contributed by atoms with E-state index in [1.807, 2.05) is 56.3 Å². The van der Waals surface area contributed by atoms with Gasteiger partial charge in [-0.2, -0.15) is 0 Å². The minimum Gasteiger partial charge on any atom is -0.455 e. The Morgan fingerprint density at radius 2 is 1.98 bits per heavy atom. The molecule has 1 aromatic carbocycles. The molecule has 0 bridgehead atoms. The predicted molar refractivity (Wildman–Crippen MR) is 162 cm³/mol. The first kappa shape index (κ1) is 28.6. The highest BCUT2D eigenvalue weighted by Crippen LogP contribution is 2.32. The van der Waals surface area contributed by atoms with Gasteiger partial charge in [-0.25, -0.2) is 15.0 Å². The Balaban J connectivity index is 1.43. The summed E-state index contributed by atoms with van der Waals surface area (Å²) < 4.78 is 6.00. The summed E-state index contributed by atoms with van der Waals surface area (Å²) in [5.41, 5.74) is 4.44. The molecule has 10 heteroatoms. The second-order valence-corrected chi connectivity index (χ2v) is 10.00. The number of allylic oxidation sites excluding steroid dienone is 4. The molecular formula is C30H33N7O2S. The van der Waals surface area contributed by atoms with Gasteiger partial charge in [0.2, 0.25) is 5.91 Å². The van der Waals surface area contributed by atoms with Crippen LogP contribution in [-0.2, 0) is 4.79 Å². The number of carbonyl (C=O) groups is 1. The number of ether oxygens (including phenoxy) is 1. The maximum absolute atomic E-state index is 10.9. The molecule has 206 valence electrons. The number of amides is 1. The van der Waals surface area contributed by atoms with Gasteiger partial charge in [-0.1, -0.05) is 42.2 Å². The Labute approximate surface area is 238 Å².